The number of benzene rings is 1. The number of aromatic nitrogens is 4. The molecular formula is C20H22N6O2. The van der Waals surface area contributed by atoms with Crippen LogP contribution in [-0.2, 0) is 4.79 Å². The number of ether oxygens (including phenoxy) is 1. The third kappa shape index (κ3) is 4.72. The number of hydrogen-bond donors (Lipinski definition) is 1. The Hall–Kier alpha value is -3.26. The van der Waals surface area contributed by atoms with Gasteiger partial charge in [-0.25, -0.2) is 9.97 Å². The Morgan fingerprint density at radius 3 is 2.61 bits per heavy atom. The van der Waals surface area contributed by atoms with Gasteiger partial charge >= 0.3 is 0 Å². The average molecular weight is 378 g/mol. The predicted octanol–water partition coefficient (Wildman–Crippen LogP) is 2.14. The molecule has 144 valence electrons. The molecule has 0 spiro atoms. The maximum absolute atomic E-state index is 12.3. The number of nitrogens with zero attached hydrogens (tertiary/aromatic N) is 5. The number of nitrogens with one attached hydrogen (secondary N) is 1. The van der Waals surface area contributed by atoms with Gasteiger partial charge in [-0.15, -0.1) is 0 Å². The highest BCUT2D eigenvalue weighted by molar-refractivity contribution is 5.92. The molecule has 28 heavy (non-hydrogen) atoms. The second-order valence-electron chi connectivity index (χ2n) is 6.70. The normalized spacial score (nSPS) is 15.3. The number of anilines is 1. The second kappa shape index (κ2) is 8.62. The fourth-order valence-corrected chi connectivity index (χ4v) is 3.23. The summed E-state index contributed by atoms with van der Waals surface area (Å²) in [5.41, 5.74) is 1.79. The SMILES string of the molecule is O=C(CN1CCC(Oc2cnccn2)CC1)Nc1ccc(-n2ccnc2)cc1. The lowest BCUT2D eigenvalue weighted by molar-refractivity contribution is -0.117. The molecule has 0 bridgehead atoms. The minimum atomic E-state index is -0.0105. The van der Waals surface area contributed by atoms with E-state index >= 15 is 0 Å². The fraction of sp³-hybridized carbons (Fsp3) is 0.300. The van der Waals surface area contributed by atoms with Gasteiger partial charge in [0.15, 0.2) is 0 Å². The first-order valence-corrected chi connectivity index (χ1v) is 9.29. The number of rotatable bonds is 6. The molecule has 1 saturated heterocycles. The third-order valence-corrected chi connectivity index (χ3v) is 4.68. The Morgan fingerprint density at radius 1 is 1.11 bits per heavy atom. The summed E-state index contributed by atoms with van der Waals surface area (Å²) in [7, 11) is 0. The summed E-state index contributed by atoms with van der Waals surface area (Å²) in [6.07, 6.45) is 12.1. The van der Waals surface area contributed by atoms with Gasteiger partial charge in [0.25, 0.3) is 0 Å². The molecule has 0 radical (unpaired) electrons. The van der Waals surface area contributed by atoms with Crippen LogP contribution >= 0.6 is 0 Å². The Kier molecular flexibility index (Phi) is 5.58. The largest absolute Gasteiger partial charge is 0.473 e. The van der Waals surface area contributed by atoms with Crippen LogP contribution in [0.4, 0.5) is 5.69 Å². The summed E-state index contributed by atoms with van der Waals surface area (Å²) in [5, 5.41) is 2.96. The summed E-state index contributed by atoms with van der Waals surface area (Å²) in [6.45, 7) is 2.01. The summed E-state index contributed by atoms with van der Waals surface area (Å²) < 4.78 is 7.75. The lowest BCUT2D eigenvalue weighted by Crippen LogP contribution is -2.42. The molecule has 8 nitrogen and oxygen atoms in total. The standard InChI is InChI=1S/C20H22N6O2/c27-19(24-16-1-3-17(4-2-16)26-12-9-22-15-26)14-25-10-5-18(6-11-25)28-20-13-21-7-8-23-20/h1-4,7-9,12-13,15,18H,5-6,10-11,14H2,(H,24,27). The van der Waals surface area contributed by atoms with Crippen LogP contribution in [-0.4, -0.2) is 56.1 Å². The number of hydrogen-bond acceptors (Lipinski definition) is 6. The van der Waals surface area contributed by atoms with Gasteiger partial charge in [-0.1, -0.05) is 0 Å². The van der Waals surface area contributed by atoms with Crippen molar-refractivity contribution in [2.24, 2.45) is 0 Å². The van der Waals surface area contributed by atoms with E-state index in [1.165, 1.54) is 0 Å². The molecule has 3 aromatic rings. The zero-order valence-electron chi connectivity index (χ0n) is 15.4. The highest BCUT2D eigenvalue weighted by atomic mass is 16.5. The molecule has 0 aliphatic carbocycles. The van der Waals surface area contributed by atoms with Gasteiger partial charge in [-0.05, 0) is 37.1 Å². The fourth-order valence-electron chi connectivity index (χ4n) is 3.23. The predicted molar refractivity (Wildman–Crippen MR) is 104 cm³/mol. The number of amides is 1. The number of likely N-dealkylation sites (tertiary alicyclic amines) is 1. The van der Waals surface area contributed by atoms with Crippen molar-refractivity contribution >= 4 is 11.6 Å². The van der Waals surface area contributed by atoms with E-state index in [1.807, 2.05) is 35.0 Å². The molecule has 1 aliphatic rings. The van der Waals surface area contributed by atoms with Crippen LogP contribution in [0, 0.1) is 0 Å². The van der Waals surface area contributed by atoms with E-state index in [1.54, 1.807) is 31.1 Å². The molecule has 3 heterocycles. The minimum absolute atomic E-state index is 0.0105. The van der Waals surface area contributed by atoms with Crippen molar-refractivity contribution in [3.05, 3.63) is 61.6 Å². The van der Waals surface area contributed by atoms with Crippen molar-refractivity contribution in [2.75, 3.05) is 25.0 Å². The zero-order valence-corrected chi connectivity index (χ0v) is 15.4. The lowest BCUT2D eigenvalue weighted by Gasteiger charge is -2.31. The first kappa shape index (κ1) is 18.1. The van der Waals surface area contributed by atoms with Crippen molar-refractivity contribution in [2.45, 2.75) is 18.9 Å². The minimum Gasteiger partial charge on any atom is -0.473 e. The van der Waals surface area contributed by atoms with Crippen molar-refractivity contribution in [3.8, 4) is 11.6 Å². The summed E-state index contributed by atoms with van der Waals surface area (Å²) >= 11 is 0. The molecule has 0 atom stereocenters. The van der Waals surface area contributed by atoms with Gasteiger partial charge in [0, 0.05) is 49.3 Å². The van der Waals surface area contributed by atoms with Gasteiger partial charge in [0.05, 0.1) is 19.1 Å². The van der Waals surface area contributed by atoms with Gasteiger partial charge in [0.1, 0.15) is 6.10 Å². The number of carbonyl (C=O) groups is 1. The van der Waals surface area contributed by atoms with Crippen LogP contribution in [0.15, 0.2) is 61.6 Å². The van der Waals surface area contributed by atoms with Crippen molar-refractivity contribution < 1.29 is 9.53 Å². The van der Waals surface area contributed by atoms with E-state index in [4.69, 9.17) is 4.74 Å². The highest BCUT2D eigenvalue weighted by Gasteiger charge is 2.22. The first-order chi connectivity index (χ1) is 13.8. The van der Waals surface area contributed by atoms with Crippen LogP contribution in [0.5, 0.6) is 5.88 Å². The van der Waals surface area contributed by atoms with Crippen LogP contribution in [0.1, 0.15) is 12.8 Å². The van der Waals surface area contributed by atoms with Gasteiger partial charge in [0.2, 0.25) is 11.8 Å². The molecule has 1 aromatic carbocycles. The van der Waals surface area contributed by atoms with Crippen LogP contribution in [0.2, 0.25) is 0 Å². The Labute approximate surface area is 163 Å². The molecule has 0 unspecified atom stereocenters. The molecule has 1 aliphatic heterocycles. The average Bonchev–Trinajstić information content (AvgIpc) is 3.26. The molecule has 1 N–H and O–H groups in total. The maximum Gasteiger partial charge on any atom is 0.238 e. The molecule has 8 heteroatoms. The summed E-state index contributed by atoms with van der Waals surface area (Å²) in [5.74, 6) is 0.543. The Balaban J connectivity index is 1.22. The van der Waals surface area contributed by atoms with Gasteiger partial charge < -0.3 is 14.6 Å². The zero-order chi connectivity index (χ0) is 19.2. The van der Waals surface area contributed by atoms with E-state index in [0.717, 1.165) is 37.3 Å². The monoisotopic (exact) mass is 378 g/mol. The molecular weight excluding hydrogens is 356 g/mol. The molecule has 2 aromatic heterocycles. The Bertz CT molecular complexity index is 875. The lowest BCUT2D eigenvalue weighted by atomic mass is 10.1. The van der Waals surface area contributed by atoms with E-state index < -0.39 is 0 Å². The van der Waals surface area contributed by atoms with Gasteiger partial charge in [-0.3, -0.25) is 14.7 Å². The third-order valence-electron chi connectivity index (χ3n) is 4.68. The van der Waals surface area contributed by atoms with Crippen LogP contribution < -0.4 is 10.1 Å². The first-order valence-electron chi connectivity index (χ1n) is 9.29. The van der Waals surface area contributed by atoms with Crippen LogP contribution in [0.3, 0.4) is 0 Å². The molecule has 4 rings (SSSR count). The molecule has 1 fully saturated rings. The number of carbonyl (C=O) groups excluding carboxylic acids is 1. The van der Waals surface area contributed by atoms with Crippen LogP contribution in [0.25, 0.3) is 5.69 Å². The van der Waals surface area contributed by atoms with E-state index in [-0.39, 0.29) is 12.0 Å². The van der Waals surface area contributed by atoms with E-state index in [2.05, 4.69) is 25.2 Å². The summed E-state index contributed by atoms with van der Waals surface area (Å²) in [6, 6.07) is 7.70. The molecule has 0 saturated carbocycles. The van der Waals surface area contributed by atoms with E-state index in [9.17, 15) is 4.79 Å². The number of imidazole rings is 1. The van der Waals surface area contributed by atoms with Crippen molar-refractivity contribution in [1.29, 1.82) is 0 Å². The maximum atomic E-state index is 12.3. The highest BCUT2D eigenvalue weighted by Crippen LogP contribution is 2.17. The quantitative estimate of drug-likeness (QED) is 0.707. The number of piperidine rings is 1. The Morgan fingerprint density at radius 2 is 1.93 bits per heavy atom. The summed E-state index contributed by atoms with van der Waals surface area (Å²) in [4.78, 5) is 26.7. The second-order valence-corrected chi connectivity index (χ2v) is 6.70. The smallest absolute Gasteiger partial charge is 0.238 e. The molecule has 1 amide bonds. The topological polar surface area (TPSA) is 85.2 Å². The van der Waals surface area contributed by atoms with Gasteiger partial charge in [-0.2, -0.15) is 0 Å². The van der Waals surface area contributed by atoms with Crippen molar-refractivity contribution in [1.82, 2.24) is 24.4 Å². The van der Waals surface area contributed by atoms with E-state index in [0.29, 0.717) is 12.4 Å². The van der Waals surface area contributed by atoms with Crippen molar-refractivity contribution in [3.63, 3.8) is 0 Å².